The van der Waals surface area contributed by atoms with Crippen LogP contribution in [0.25, 0.3) is 0 Å². The quantitative estimate of drug-likeness (QED) is 0.442. The van der Waals surface area contributed by atoms with Crippen LogP contribution in [-0.4, -0.2) is 11.1 Å². The lowest BCUT2D eigenvalue weighted by molar-refractivity contribution is -0.657. The van der Waals surface area contributed by atoms with E-state index >= 15 is 0 Å². The van der Waals surface area contributed by atoms with Gasteiger partial charge in [0, 0.05) is 17.3 Å². The SMILES string of the molecule is CCCCCCNc1ccc(N=Nc2n(C)cc[n+]2C)cc1. The Morgan fingerprint density at radius 2 is 1.86 bits per heavy atom. The maximum absolute atomic E-state index is 4.29. The second-order valence-electron chi connectivity index (χ2n) is 5.55. The lowest BCUT2D eigenvalue weighted by Crippen LogP contribution is -2.25. The number of nitrogens with zero attached hydrogens (tertiary/aromatic N) is 4. The Morgan fingerprint density at radius 1 is 1.09 bits per heavy atom. The van der Waals surface area contributed by atoms with Crippen LogP contribution >= 0.6 is 0 Å². The van der Waals surface area contributed by atoms with Crippen molar-refractivity contribution in [2.45, 2.75) is 32.6 Å². The molecule has 1 aromatic carbocycles. The molecule has 2 aromatic rings. The molecule has 2 rings (SSSR count). The van der Waals surface area contributed by atoms with Gasteiger partial charge in [0.2, 0.25) is 0 Å². The number of hydrogen-bond donors (Lipinski definition) is 1. The smallest absolute Gasteiger partial charge is 0.385 e. The van der Waals surface area contributed by atoms with E-state index in [2.05, 4.69) is 34.6 Å². The molecule has 0 saturated heterocycles. The Balaban J connectivity index is 1.86. The van der Waals surface area contributed by atoms with Gasteiger partial charge in [-0.3, -0.25) is 0 Å². The van der Waals surface area contributed by atoms with E-state index in [1.54, 1.807) is 0 Å². The van der Waals surface area contributed by atoms with Crippen LogP contribution in [0.1, 0.15) is 32.6 Å². The number of nitrogens with one attached hydrogen (secondary N) is 1. The summed E-state index contributed by atoms with van der Waals surface area (Å²) < 4.78 is 3.88. The molecule has 5 heteroatoms. The monoisotopic (exact) mass is 300 g/mol. The van der Waals surface area contributed by atoms with Gasteiger partial charge in [-0.25, -0.2) is 9.13 Å². The van der Waals surface area contributed by atoms with Crippen LogP contribution in [0.4, 0.5) is 17.3 Å². The fourth-order valence-electron chi connectivity index (χ4n) is 2.26. The van der Waals surface area contributed by atoms with Gasteiger partial charge in [0.05, 0.1) is 26.5 Å². The van der Waals surface area contributed by atoms with E-state index in [9.17, 15) is 0 Å². The van der Waals surface area contributed by atoms with Gasteiger partial charge in [-0.15, -0.1) is 0 Å². The molecule has 0 unspecified atom stereocenters. The Kier molecular flexibility index (Phi) is 6.13. The van der Waals surface area contributed by atoms with Crippen LogP contribution in [0.3, 0.4) is 0 Å². The van der Waals surface area contributed by atoms with Crippen LogP contribution in [-0.2, 0) is 14.1 Å². The highest BCUT2D eigenvalue weighted by atomic mass is 15.3. The maximum Gasteiger partial charge on any atom is 0.421 e. The van der Waals surface area contributed by atoms with E-state index in [-0.39, 0.29) is 0 Å². The van der Waals surface area contributed by atoms with Crippen molar-refractivity contribution in [1.29, 1.82) is 0 Å². The summed E-state index contributed by atoms with van der Waals surface area (Å²) in [6.07, 6.45) is 9.03. The van der Waals surface area contributed by atoms with Crippen molar-refractivity contribution in [2.75, 3.05) is 11.9 Å². The molecule has 0 spiro atoms. The summed E-state index contributed by atoms with van der Waals surface area (Å²) in [5.74, 6) is 0.818. The fourth-order valence-corrected chi connectivity index (χ4v) is 2.26. The number of unbranched alkanes of at least 4 members (excludes halogenated alkanes) is 3. The topological polar surface area (TPSA) is 45.6 Å². The summed E-state index contributed by atoms with van der Waals surface area (Å²) in [5.41, 5.74) is 2.00. The van der Waals surface area contributed by atoms with E-state index in [1.807, 2.05) is 47.8 Å². The minimum Gasteiger partial charge on any atom is -0.385 e. The first kappa shape index (κ1) is 16.2. The average molecular weight is 300 g/mol. The number of aryl methyl sites for hydroxylation is 2. The first-order valence-electron chi connectivity index (χ1n) is 7.97. The number of benzene rings is 1. The van der Waals surface area contributed by atoms with Crippen molar-refractivity contribution in [2.24, 2.45) is 24.3 Å². The molecule has 1 N–H and O–H groups in total. The molecule has 0 bridgehead atoms. The van der Waals surface area contributed by atoms with E-state index in [4.69, 9.17) is 0 Å². The molecule has 0 radical (unpaired) electrons. The molecule has 0 aliphatic rings. The third-order valence-corrected chi connectivity index (χ3v) is 3.63. The number of imidazole rings is 1. The average Bonchev–Trinajstić information content (AvgIpc) is 2.85. The van der Waals surface area contributed by atoms with E-state index < -0.39 is 0 Å². The molecule has 0 aliphatic heterocycles. The second kappa shape index (κ2) is 8.32. The number of anilines is 1. The molecule has 0 fully saturated rings. The minimum absolute atomic E-state index is 0.818. The molecule has 0 aliphatic carbocycles. The highest BCUT2D eigenvalue weighted by Gasteiger charge is 2.10. The van der Waals surface area contributed by atoms with Crippen LogP contribution < -0.4 is 9.88 Å². The minimum atomic E-state index is 0.818. The van der Waals surface area contributed by atoms with Crippen molar-refractivity contribution >= 4 is 17.3 Å². The lowest BCUT2D eigenvalue weighted by Gasteiger charge is -2.05. The summed E-state index contributed by atoms with van der Waals surface area (Å²) in [7, 11) is 3.92. The van der Waals surface area contributed by atoms with Crippen molar-refractivity contribution in [1.82, 2.24) is 4.57 Å². The zero-order chi connectivity index (χ0) is 15.8. The molecular weight excluding hydrogens is 274 g/mol. The van der Waals surface area contributed by atoms with Crippen LogP contribution in [0.15, 0.2) is 46.9 Å². The number of aromatic nitrogens is 2. The van der Waals surface area contributed by atoms with Gasteiger partial charge < -0.3 is 5.32 Å². The predicted octanol–water partition coefficient (Wildman–Crippen LogP) is 4.26. The zero-order valence-electron chi connectivity index (χ0n) is 13.8. The van der Waals surface area contributed by atoms with E-state index in [0.29, 0.717) is 0 Å². The Labute approximate surface area is 132 Å². The fraction of sp³-hybridized carbons (Fsp3) is 0.471. The van der Waals surface area contributed by atoms with Crippen LogP contribution in [0.5, 0.6) is 0 Å². The van der Waals surface area contributed by atoms with Crippen molar-refractivity contribution in [3.8, 4) is 0 Å². The summed E-state index contributed by atoms with van der Waals surface area (Å²) in [5, 5.41) is 12.0. The normalized spacial score (nSPS) is 11.2. The molecule has 1 aromatic heterocycles. The first-order valence-corrected chi connectivity index (χ1v) is 7.97. The van der Waals surface area contributed by atoms with Crippen molar-refractivity contribution in [3.05, 3.63) is 36.7 Å². The van der Waals surface area contributed by atoms with Gasteiger partial charge in [0.25, 0.3) is 0 Å². The molecule has 1 heterocycles. The third kappa shape index (κ3) is 4.69. The maximum atomic E-state index is 4.29. The van der Waals surface area contributed by atoms with Gasteiger partial charge in [-0.2, -0.15) is 0 Å². The van der Waals surface area contributed by atoms with E-state index in [1.165, 1.54) is 25.7 Å². The highest BCUT2D eigenvalue weighted by Crippen LogP contribution is 2.18. The van der Waals surface area contributed by atoms with Gasteiger partial charge in [-0.1, -0.05) is 31.3 Å². The second-order valence-corrected chi connectivity index (χ2v) is 5.55. The Bertz CT molecular complexity index is 579. The molecule has 5 nitrogen and oxygen atoms in total. The van der Waals surface area contributed by atoms with Gasteiger partial charge in [0.15, 0.2) is 0 Å². The van der Waals surface area contributed by atoms with Gasteiger partial charge in [0.1, 0.15) is 5.69 Å². The van der Waals surface area contributed by atoms with Crippen molar-refractivity contribution < 1.29 is 4.57 Å². The van der Waals surface area contributed by atoms with Crippen LogP contribution in [0, 0.1) is 0 Å². The molecule has 22 heavy (non-hydrogen) atoms. The lowest BCUT2D eigenvalue weighted by atomic mass is 10.2. The molecule has 0 atom stereocenters. The molecule has 0 amide bonds. The first-order chi connectivity index (χ1) is 10.7. The van der Waals surface area contributed by atoms with Crippen LogP contribution in [0.2, 0.25) is 0 Å². The standard InChI is InChI=1S/C17H25N5/c1-4-5-6-7-12-18-15-8-10-16(11-9-15)19-20-17-21(2)13-14-22(17)3/h8-11,13-14H,4-7,12H2,1-3H3/p+1. The molecule has 118 valence electrons. The molecule has 0 saturated carbocycles. The van der Waals surface area contributed by atoms with Gasteiger partial charge >= 0.3 is 5.95 Å². The predicted molar refractivity (Wildman–Crippen MR) is 89.8 cm³/mol. The summed E-state index contributed by atoms with van der Waals surface area (Å²) in [4.78, 5) is 0. The zero-order valence-corrected chi connectivity index (χ0v) is 13.8. The van der Waals surface area contributed by atoms with Crippen molar-refractivity contribution in [3.63, 3.8) is 0 Å². The van der Waals surface area contributed by atoms with Gasteiger partial charge in [-0.05, 0) is 30.7 Å². The summed E-state index contributed by atoms with van der Waals surface area (Å²) in [6, 6.07) is 8.08. The summed E-state index contributed by atoms with van der Waals surface area (Å²) >= 11 is 0. The number of azo groups is 1. The number of hydrogen-bond acceptors (Lipinski definition) is 3. The van der Waals surface area contributed by atoms with E-state index in [0.717, 1.165) is 23.9 Å². The summed E-state index contributed by atoms with van der Waals surface area (Å²) in [6.45, 7) is 3.26. The number of rotatable bonds is 8. The Hall–Kier alpha value is -2.17. The third-order valence-electron chi connectivity index (χ3n) is 3.63. The highest BCUT2D eigenvalue weighted by molar-refractivity contribution is 5.50. The Morgan fingerprint density at radius 3 is 2.50 bits per heavy atom. The molecular formula is C17H26N5+. The largest absolute Gasteiger partial charge is 0.421 e.